The van der Waals surface area contributed by atoms with Crippen LogP contribution in [0, 0.1) is 6.92 Å². The van der Waals surface area contributed by atoms with Crippen LogP contribution in [0.3, 0.4) is 0 Å². The summed E-state index contributed by atoms with van der Waals surface area (Å²) in [6, 6.07) is 13.6. The standard InChI is InChI=1S/C28H30N4O4S/c1-19-9-16-37-27(19)28(33)29-24-18-26(36-15-12-32-10-13-35-14-11-32)25(34-2)17-20(24)7-8-23-21-5-3-4-6-22(21)30-31-23/h3-9,16-18H,10-15H2,1-2H3,(H,29,33)(H,30,31)/b8-7+. The molecular weight excluding hydrogens is 488 g/mol. The van der Waals surface area contributed by atoms with Crippen LogP contribution in [-0.2, 0) is 4.74 Å². The Balaban J connectivity index is 1.43. The summed E-state index contributed by atoms with van der Waals surface area (Å²) in [6.07, 6.45) is 3.86. The Hall–Kier alpha value is -3.66. The van der Waals surface area contributed by atoms with Crippen molar-refractivity contribution < 1.29 is 19.0 Å². The van der Waals surface area contributed by atoms with E-state index in [4.69, 9.17) is 14.2 Å². The number of hydrogen-bond acceptors (Lipinski definition) is 7. The molecular formula is C28H30N4O4S. The Kier molecular flexibility index (Phi) is 7.84. The number of anilines is 1. The number of H-pyrrole nitrogens is 1. The zero-order valence-corrected chi connectivity index (χ0v) is 21.8. The summed E-state index contributed by atoms with van der Waals surface area (Å²) in [4.78, 5) is 16.1. The quantitative estimate of drug-likeness (QED) is 0.321. The van der Waals surface area contributed by atoms with E-state index in [1.807, 2.05) is 66.9 Å². The van der Waals surface area contributed by atoms with Gasteiger partial charge in [0.15, 0.2) is 11.5 Å². The van der Waals surface area contributed by atoms with Gasteiger partial charge in [0, 0.05) is 36.7 Å². The minimum Gasteiger partial charge on any atom is -0.493 e. The summed E-state index contributed by atoms with van der Waals surface area (Å²) in [5.74, 6) is 1.02. The third-order valence-corrected chi connectivity index (χ3v) is 7.36. The van der Waals surface area contributed by atoms with Crippen LogP contribution in [0.4, 0.5) is 5.69 Å². The van der Waals surface area contributed by atoms with E-state index in [0.717, 1.165) is 60.6 Å². The summed E-state index contributed by atoms with van der Waals surface area (Å²) < 4.78 is 17.2. The largest absolute Gasteiger partial charge is 0.493 e. The fraction of sp³-hybridized carbons (Fsp3) is 0.286. The molecule has 8 nitrogen and oxygen atoms in total. The number of benzene rings is 2. The van der Waals surface area contributed by atoms with E-state index in [1.54, 1.807) is 7.11 Å². The molecule has 0 spiro atoms. The summed E-state index contributed by atoms with van der Waals surface area (Å²) in [6.45, 7) is 6.50. The zero-order valence-electron chi connectivity index (χ0n) is 21.0. The molecule has 4 aromatic rings. The molecule has 2 aromatic carbocycles. The fourth-order valence-corrected chi connectivity index (χ4v) is 5.09. The predicted octanol–water partition coefficient (Wildman–Crippen LogP) is 5.08. The van der Waals surface area contributed by atoms with Gasteiger partial charge < -0.3 is 19.5 Å². The number of rotatable bonds is 9. The Morgan fingerprint density at radius 3 is 2.81 bits per heavy atom. The smallest absolute Gasteiger partial charge is 0.266 e. The van der Waals surface area contributed by atoms with Crippen LogP contribution in [0.15, 0.2) is 47.8 Å². The first kappa shape index (κ1) is 25.0. The number of hydrogen-bond donors (Lipinski definition) is 2. The highest BCUT2D eigenvalue weighted by Gasteiger charge is 2.17. The number of fused-ring (bicyclic) bond motifs is 1. The van der Waals surface area contributed by atoms with Gasteiger partial charge in [0.25, 0.3) is 5.91 Å². The molecule has 0 radical (unpaired) electrons. The molecule has 5 rings (SSSR count). The number of carbonyl (C=O) groups is 1. The van der Waals surface area contributed by atoms with Crippen molar-refractivity contribution in [3.05, 3.63) is 69.5 Å². The summed E-state index contributed by atoms with van der Waals surface area (Å²) >= 11 is 1.42. The maximum atomic E-state index is 13.1. The molecule has 2 aromatic heterocycles. The second-order valence-electron chi connectivity index (χ2n) is 8.77. The molecule has 1 aliphatic rings. The van der Waals surface area contributed by atoms with E-state index < -0.39 is 0 Å². The molecule has 37 heavy (non-hydrogen) atoms. The maximum absolute atomic E-state index is 13.1. The highest BCUT2D eigenvalue weighted by Crippen LogP contribution is 2.35. The predicted molar refractivity (Wildman–Crippen MR) is 148 cm³/mol. The van der Waals surface area contributed by atoms with E-state index in [-0.39, 0.29) is 5.91 Å². The Morgan fingerprint density at radius 2 is 2.03 bits per heavy atom. The molecule has 1 aliphatic heterocycles. The first-order valence-electron chi connectivity index (χ1n) is 12.2. The lowest BCUT2D eigenvalue weighted by atomic mass is 10.1. The van der Waals surface area contributed by atoms with Gasteiger partial charge in [0.1, 0.15) is 6.61 Å². The van der Waals surface area contributed by atoms with Gasteiger partial charge in [-0.05, 0) is 42.1 Å². The number of carbonyl (C=O) groups excluding carboxylic acids is 1. The highest BCUT2D eigenvalue weighted by atomic mass is 32.1. The van der Waals surface area contributed by atoms with Gasteiger partial charge >= 0.3 is 0 Å². The van der Waals surface area contributed by atoms with Crippen molar-refractivity contribution in [1.82, 2.24) is 15.1 Å². The lowest BCUT2D eigenvalue weighted by molar-refractivity contribution is 0.0321. The number of thiophene rings is 1. The molecule has 0 saturated carbocycles. The molecule has 0 atom stereocenters. The van der Waals surface area contributed by atoms with Gasteiger partial charge in [-0.1, -0.05) is 24.3 Å². The topological polar surface area (TPSA) is 88.7 Å². The minimum atomic E-state index is -0.156. The summed E-state index contributed by atoms with van der Waals surface area (Å²) in [7, 11) is 1.62. The van der Waals surface area contributed by atoms with Crippen LogP contribution >= 0.6 is 11.3 Å². The second-order valence-corrected chi connectivity index (χ2v) is 9.68. The van der Waals surface area contributed by atoms with Crippen LogP contribution in [0.5, 0.6) is 11.5 Å². The number of morpholine rings is 1. The highest BCUT2D eigenvalue weighted by molar-refractivity contribution is 7.12. The van der Waals surface area contributed by atoms with Crippen LogP contribution in [-0.4, -0.2) is 67.6 Å². The van der Waals surface area contributed by atoms with Gasteiger partial charge in [-0.25, -0.2) is 0 Å². The first-order chi connectivity index (χ1) is 18.1. The van der Waals surface area contributed by atoms with Crippen LogP contribution in [0.2, 0.25) is 0 Å². The van der Waals surface area contributed by atoms with Crippen LogP contribution < -0.4 is 14.8 Å². The third-order valence-electron chi connectivity index (χ3n) is 6.34. The van der Waals surface area contributed by atoms with Gasteiger partial charge in [0.2, 0.25) is 0 Å². The lowest BCUT2D eigenvalue weighted by Crippen LogP contribution is -2.38. The number of amides is 1. The van der Waals surface area contributed by atoms with Gasteiger partial charge in [-0.15, -0.1) is 11.3 Å². The molecule has 1 amide bonds. The van der Waals surface area contributed by atoms with Crippen molar-refractivity contribution >= 4 is 46.0 Å². The zero-order chi connectivity index (χ0) is 25.6. The van der Waals surface area contributed by atoms with E-state index in [2.05, 4.69) is 20.4 Å². The Morgan fingerprint density at radius 1 is 1.19 bits per heavy atom. The van der Waals surface area contributed by atoms with Gasteiger partial charge in [0.05, 0.1) is 42.1 Å². The van der Waals surface area contributed by atoms with Crippen molar-refractivity contribution in [3.63, 3.8) is 0 Å². The second kappa shape index (κ2) is 11.6. The Labute approximate surface area is 219 Å². The number of nitrogens with one attached hydrogen (secondary N) is 2. The van der Waals surface area contributed by atoms with Gasteiger partial charge in [-0.2, -0.15) is 5.10 Å². The number of methoxy groups -OCH3 is 1. The van der Waals surface area contributed by atoms with Gasteiger partial charge in [-0.3, -0.25) is 14.8 Å². The number of aromatic amines is 1. The first-order valence-corrected chi connectivity index (χ1v) is 13.1. The molecule has 0 unspecified atom stereocenters. The SMILES string of the molecule is COc1cc(/C=C/c2n[nH]c3ccccc23)c(NC(=O)c2sccc2C)cc1OCCN1CCOCC1. The van der Waals surface area contributed by atoms with Crippen molar-refractivity contribution in [2.24, 2.45) is 0 Å². The van der Waals surface area contributed by atoms with E-state index in [0.29, 0.717) is 28.7 Å². The molecule has 192 valence electrons. The molecule has 0 aliphatic carbocycles. The third kappa shape index (κ3) is 5.85. The normalized spacial score (nSPS) is 14.3. The van der Waals surface area contributed by atoms with Crippen molar-refractivity contribution in [2.45, 2.75) is 6.92 Å². The molecule has 1 saturated heterocycles. The number of aryl methyl sites for hydroxylation is 1. The molecule has 9 heteroatoms. The average Bonchev–Trinajstić information content (AvgIpc) is 3.54. The number of para-hydroxylation sites is 1. The molecule has 0 bridgehead atoms. The van der Waals surface area contributed by atoms with Crippen molar-refractivity contribution in [1.29, 1.82) is 0 Å². The number of ether oxygens (including phenoxy) is 3. The Bertz CT molecular complexity index is 1400. The van der Waals surface area contributed by atoms with Crippen molar-refractivity contribution in [2.75, 3.05) is 51.9 Å². The number of aromatic nitrogens is 2. The van der Waals surface area contributed by atoms with E-state index in [1.165, 1.54) is 11.3 Å². The number of nitrogens with zero attached hydrogens (tertiary/aromatic N) is 2. The molecule has 1 fully saturated rings. The van der Waals surface area contributed by atoms with Crippen molar-refractivity contribution in [3.8, 4) is 11.5 Å². The summed E-state index contributed by atoms with van der Waals surface area (Å²) in [5, 5.41) is 13.5. The monoisotopic (exact) mass is 518 g/mol. The van der Waals surface area contributed by atoms with Crippen LogP contribution in [0.25, 0.3) is 23.1 Å². The summed E-state index contributed by atoms with van der Waals surface area (Å²) in [5.41, 5.74) is 4.14. The van der Waals surface area contributed by atoms with E-state index >= 15 is 0 Å². The lowest BCUT2D eigenvalue weighted by Gasteiger charge is -2.26. The maximum Gasteiger partial charge on any atom is 0.266 e. The van der Waals surface area contributed by atoms with E-state index in [9.17, 15) is 4.79 Å². The fourth-order valence-electron chi connectivity index (χ4n) is 4.27. The molecule has 3 heterocycles. The average molecular weight is 519 g/mol. The molecule has 2 N–H and O–H groups in total. The minimum absolute atomic E-state index is 0.156. The van der Waals surface area contributed by atoms with Crippen LogP contribution in [0.1, 0.15) is 26.5 Å².